The van der Waals surface area contributed by atoms with Gasteiger partial charge in [0.2, 0.25) is 10.0 Å². The number of nitrogens with one attached hydrogen (secondary N) is 1. The van der Waals surface area contributed by atoms with E-state index in [4.69, 9.17) is 10.2 Å². The van der Waals surface area contributed by atoms with Crippen molar-refractivity contribution in [2.24, 2.45) is 5.73 Å². The predicted octanol–water partition coefficient (Wildman–Crippen LogP) is 0.920. The van der Waals surface area contributed by atoms with Crippen LogP contribution in [0, 0.1) is 6.92 Å². The van der Waals surface area contributed by atoms with Crippen molar-refractivity contribution < 1.29 is 12.8 Å². The van der Waals surface area contributed by atoms with Crippen molar-refractivity contribution >= 4 is 10.0 Å². The zero-order valence-corrected chi connectivity index (χ0v) is 11.3. The van der Waals surface area contributed by atoms with Gasteiger partial charge in [-0.3, -0.25) is 4.98 Å². The van der Waals surface area contributed by atoms with Gasteiger partial charge in [-0.15, -0.1) is 0 Å². The second-order valence-electron chi connectivity index (χ2n) is 4.02. The average molecular weight is 281 g/mol. The van der Waals surface area contributed by atoms with Crippen LogP contribution in [0.2, 0.25) is 0 Å². The lowest BCUT2D eigenvalue weighted by Crippen LogP contribution is -2.23. The van der Waals surface area contributed by atoms with Crippen LogP contribution in [-0.2, 0) is 23.1 Å². The van der Waals surface area contributed by atoms with Crippen LogP contribution >= 0.6 is 0 Å². The van der Waals surface area contributed by atoms with Crippen LogP contribution < -0.4 is 10.5 Å². The van der Waals surface area contributed by atoms with Gasteiger partial charge in [-0.1, -0.05) is 6.07 Å². The Hall–Kier alpha value is -1.70. The summed E-state index contributed by atoms with van der Waals surface area (Å²) in [7, 11) is -3.61. The fraction of sp³-hybridized carbons (Fsp3) is 0.250. The van der Waals surface area contributed by atoms with Crippen molar-refractivity contribution in [2.45, 2.75) is 24.9 Å². The Kier molecular flexibility index (Phi) is 3.98. The molecule has 0 aliphatic carbocycles. The number of furan rings is 1. The van der Waals surface area contributed by atoms with Gasteiger partial charge >= 0.3 is 0 Å². The van der Waals surface area contributed by atoms with Crippen molar-refractivity contribution in [2.75, 3.05) is 0 Å². The molecule has 2 heterocycles. The number of sulfonamides is 1. The topological polar surface area (TPSA) is 98.2 Å². The van der Waals surface area contributed by atoms with Gasteiger partial charge in [0, 0.05) is 25.0 Å². The molecule has 0 aliphatic rings. The molecule has 3 N–H and O–H groups in total. The summed E-state index contributed by atoms with van der Waals surface area (Å²) in [5, 5.41) is 0. The van der Waals surface area contributed by atoms with Gasteiger partial charge in [-0.25, -0.2) is 13.1 Å². The number of aromatic nitrogens is 1. The third-order valence-corrected chi connectivity index (χ3v) is 4.11. The van der Waals surface area contributed by atoms with Gasteiger partial charge in [0.1, 0.15) is 16.4 Å². The summed E-state index contributed by atoms with van der Waals surface area (Å²) in [4.78, 5) is 4.05. The number of hydrogen-bond donors (Lipinski definition) is 2. The quantitative estimate of drug-likeness (QED) is 0.849. The minimum Gasteiger partial charge on any atom is -0.464 e. The average Bonchev–Trinajstić information content (AvgIpc) is 2.80. The van der Waals surface area contributed by atoms with Crippen molar-refractivity contribution in [3.8, 4) is 0 Å². The Bertz CT molecular complexity index is 650. The third-order valence-electron chi connectivity index (χ3n) is 2.60. The lowest BCUT2D eigenvalue weighted by molar-refractivity contribution is 0.478. The summed E-state index contributed by atoms with van der Waals surface area (Å²) < 4.78 is 32.0. The molecule has 0 radical (unpaired) electrons. The highest BCUT2D eigenvalue weighted by Gasteiger charge is 2.20. The maximum absolute atomic E-state index is 12.1. The first-order chi connectivity index (χ1) is 9.03. The van der Waals surface area contributed by atoms with Crippen LogP contribution in [0.25, 0.3) is 0 Å². The zero-order chi connectivity index (χ0) is 13.9. The van der Waals surface area contributed by atoms with E-state index < -0.39 is 10.0 Å². The fourth-order valence-electron chi connectivity index (χ4n) is 1.65. The Morgan fingerprint density at radius 1 is 1.47 bits per heavy atom. The van der Waals surface area contributed by atoms with Crippen LogP contribution in [-0.4, -0.2) is 13.4 Å². The number of pyridine rings is 1. The number of nitrogens with two attached hydrogens (primary N) is 1. The van der Waals surface area contributed by atoms with Crippen LogP contribution in [0.4, 0.5) is 0 Å². The maximum atomic E-state index is 12.1. The fourth-order valence-corrected chi connectivity index (χ4v) is 2.87. The van der Waals surface area contributed by atoms with Crippen molar-refractivity contribution in [3.05, 3.63) is 47.7 Å². The Labute approximate surface area is 111 Å². The summed E-state index contributed by atoms with van der Waals surface area (Å²) in [5.41, 5.74) is 6.21. The number of rotatable bonds is 5. The molecule has 7 heteroatoms. The molecule has 0 aliphatic heterocycles. The molecule has 0 spiro atoms. The summed E-state index contributed by atoms with van der Waals surface area (Å²) >= 11 is 0. The second-order valence-corrected chi connectivity index (χ2v) is 5.76. The molecule has 2 rings (SSSR count). The smallest absolute Gasteiger partial charge is 0.244 e. The largest absolute Gasteiger partial charge is 0.464 e. The first kappa shape index (κ1) is 13.7. The van der Waals surface area contributed by atoms with Crippen LogP contribution in [0.1, 0.15) is 17.1 Å². The molecule has 2 aromatic rings. The van der Waals surface area contributed by atoms with Crippen LogP contribution in [0.3, 0.4) is 0 Å². The van der Waals surface area contributed by atoms with Gasteiger partial charge in [-0.05, 0) is 18.6 Å². The van der Waals surface area contributed by atoms with Crippen LogP contribution in [0.5, 0.6) is 0 Å². The molecule has 102 valence electrons. The van der Waals surface area contributed by atoms with E-state index in [1.165, 1.54) is 6.07 Å². The van der Waals surface area contributed by atoms with E-state index in [9.17, 15) is 8.42 Å². The van der Waals surface area contributed by atoms with Crippen molar-refractivity contribution in [3.63, 3.8) is 0 Å². The standard InChI is InChI=1S/C12H15N3O3S/c1-9-12(5-11(6-13)18-9)19(16,17)15-8-10-3-2-4-14-7-10/h2-5,7,15H,6,8,13H2,1H3. The minimum absolute atomic E-state index is 0.122. The lowest BCUT2D eigenvalue weighted by Gasteiger charge is -2.05. The van der Waals surface area contributed by atoms with E-state index in [1.54, 1.807) is 31.5 Å². The van der Waals surface area contributed by atoms with E-state index in [0.717, 1.165) is 5.56 Å². The monoisotopic (exact) mass is 281 g/mol. The maximum Gasteiger partial charge on any atom is 0.244 e. The molecule has 0 saturated heterocycles. The summed E-state index contributed by atoms with van der Waals surface area (Å²) in [6.45, 7) is 1.94. The van der Waals surface area contributed by atoms with Crippen molar-refractivity contribution in [1.82, 2.24) is 9.71 Å². The van der Waals surface area contributed by atoms with E-state index in [1.807, 2.05) is 0 Å². The van der Waals surface area contributed by atoms with Gasteiger partial charge in [-0.2, -0.15) is 0 Å². The molecule has 0 atom stereocenters. The van der Waals surface area contributed by atoms with E-state index >= 15 is 0 Å². The molecule has 0 unspecified atom stereocenters. The van der Waals surface area contributed by atoms with Gasteiger partial charge < -0.3 is 10.2 Å². The Morgan fingerprint density at radius 2 is 2.26 bits per heavy atom. The third kappa shape index (κ3) is 3.19. The molecule has 6 nitrogen and oxygen atoms in total. The highest BCUT2D eigenvalue weighted by Crippen LogP contribution is 2.19. The van der Waals surface area contributed by atoms with Gasteiger partial charge in [0.15, 0.2) is 0 Å². The molecule has 0 aromatic carbocycles. The molecule has 2 aromatic heterocycles. The normalized spacial score (nSPS) is 11.7. The molecule has 0 amide bonds. The highest BCUT2D eigenvalue weighted by molar-refractivity contribution is 7.89. The zero-order valence-electron chi connectivity index (χ0n) is 10.5. The lowest BCUT2D eigenvalue weighted by atomic mass is 10.3. The van der Waals surface area contributed by atoms with Gasteiger partial charge in [0.05, 0.1) is 6.54 Å². The second kappa shape index (κ2) is 5.52. The molecule has 0 fully saturated rings. The number of hydrogen-bond acceptors (Lipinski definition) is 5. The number of nitrogens with zero attached hydrogens (tertiary/aromatic N) is 1. The Morgan fingerprint density at radius 3 is 2.84 bits per heavy atom. The van der Waals surface area contributed by atoms with Crippen molar-refractivity contribution in [1.29, 1.82) is 0 Å². The first-order valence-corrected chi connectivity index (χ1v) is 7.19. The highest BCUT2D eigenvalue weighted by atomic mass is 32.2. The van der Waals surface area contributed by atoms with Crippen LogP contribution in [0.15, 0.2) is 39.9 Å². The van der Waals surface area contributed by atoms with E-state index in [-0.39, 0.29) is 18.0 Å². The molecular weight excluding hydrogens is 266 g/mol. The van der Waals surface area contributed by atoms with E-state index in [2.05, 4.69) is 9.71 Å². The van der Waals surface area contributed by atoms with E-state index in [0.29, 0.717) is 11.5 Å². The number of aryl methyl sites for hydroxylation is 1. The van der Waals surface area contributed by atoms with Gasteiger partial charge in [0.25, 0.3) is 0 Å². The molecule has 0 bridgehead atoms. The molecule has 0 saturated carbocycles. The SMILES string of the molecule is Cc1oc(CN)cc1S(=O)(=O)NCc1cccnc1. The molecule has 19 heavy (non-hydrogen) atoms. The summed E-state index contributed by atoms with van der Waals surface area (Å²) in [6, 6.07) is 4.99. The summed E-state index contributed by atoms with van der Waals surface area (Å²) in [5.74, 6) is 0.776. The predicted molar refractivity (Wildman–Crippen MR) is 69.6 cm³/mol. The summed E-state index contributed by atoms with van der Waals surface area (Å²) in [6.07, 6.45) is 3.24. The minimum atomic E-state index is -3.61. The first-order valence-electron chi connectivity index (χ1n) is 5.71. The Balaban J connectivity index is 2.16. The molecular formula is C12H15N3O3S.